The Morgan fingerprint density at radius 1 is 1.15 bits per heavy atom. The summed E-state index contributed by atoms with van der Waals surface area (Å²) in [5.41, 5.74) is 5.02. The first-order valence-corrected chi connectivity index (χ1v) is 12.2. The fraction of sp³-hybridized carbons (Fsp3) is 0.826. The molecule has 3 amide bonds. The molecule has 1 saturated heterocycles. The van der Waals surface area contributed by atoms with Crippen LogP contribution in [0.1, 0.15) is 66.2 Å². The molecule has 194 valence electrons. The molecule has 5 N–H and O–H groups in total. The average molecular weight is 484 g/mol. The number of amidine groups is 1. The normalized spacial score (nSPS) is 23.8. The lowest BCUT2D eigenvalue weighted by atomic mass is 9.81. The molecule has 0 aromatic heterocycles. The molecule has 0 unspecified atom stereocenters. The lowest BCUT2D eigenvalue weighted by molar-refractivity contribution is -0.349. The number of alkyl carbamates (subject to hydrolysis) is 1. The van der Waals surface area contributed by atoms with E-state index in [2.05, 4.69) is 10.6 Å². The van der Waals surface area contributed by atoms with Gasteiger partial charge in [0.1, 0.15) is 18.7 Å². The number of nitrogens with two attached hydrogens (primary N) is 1. The number of carbonyl (C=O) groups excluding carboxylic acids is 3. The van der Waals surface area contributed by atoms with Gasteiger partial charge in [0.25, 0.3) is 0 Å². The number of rotatable bonds is 10. The van der Waals surface area contributed by atoms with Crippen molar-refractivity contribution in [3.05, 3.63) is 0 Å². The summed E-state index contributed by atoms with van der Waals surface area (Å²) in [7, 11) is 0. The number of carbonyl (C=O) groups is 3. The maximum Gasteiger partial charge on any atom is 0.407 e. The molecular formula is C23H41N5O6. The highest BCUT2D eigenvalue weighted by atomic mass is 17.2. The lowest BCUT2D eigenvalue weighted by Gasteiger charge is -2.30. The van der Waals surface area contributed by atoms with Gasteiger partial charge in [0.15, 0.2) is 0 Å². The Balaban J connectivity index is 1.94. The molecule has 2 aliphatic rings. The Kier molecular flexibility index (Phi) is 10.6. The summed E-state index contributed by atoms with van der Waals surface area (Å²) in [6.07, 6.45) is 4.06. The Hall–Kier alpha value is -2.40. The fourth-order valence-electron chi connectivity index (χ4n) is 4.31. The highest BCUT2D eigenvalue weighted by molar-refractivity contribution is 5.92. The van der Waals surface area contributed by atoms with Gasteiger partial charge in [-0.25, -0.2) is 14.6 Å². The Labute approximate surface area is 201 Å². The molecule has 1 aliphatic carbocycles. The minimum atomic E-state index is -1.04. The lowest BCUT2D eigenvalue weighted by Crippen LogP contribution is -2.55. The van der Waals surface area contributed by atoms with E-state index < -0.39 is 29.7 Å². The van der Waals surface area contributed by atoms with E-state index in [-0.39, 0.29) is 30.9 Å². The molecule has 0 bridgehead atoms. The zero-order valence-corrected chi connectivity index (χ0v) is 20.9. The molecule has 1 saturated carbocycles. The van der Waals surface area contributed by atoms with E-state index in [1.165, 1.54) is 4.90 Å². The van der Waals surface area contributed by atoms with Gasteiger partial charge in [0.05, 0.1) is 18.0 Å². The van der Waals surface area contributed by atoms with Crippen molar-refractivity contribution in [1.29, 1.82) is 5.41 Å². The second kappa shape index (κ2) is 12.9. The standard InChI is InChI=1S/C23H41N5O6/c1-5-32-22(31)27-17(14-33-34-23(2,3)4)21(30)28-12-6-7-18(28)20(29)26-13-15-8-10-16(11-9-15)19(24)25/h15-18H,5-14H2,1-4H3,(H3,24,25)(H,26,29)(H,27,31)/t15?,16?,17-,18+/m1/s1. The van der Waals surface area contributed by atoms with Crippen LogP contribution < -0.4 is 16.4 Å². The first-order valence-electron chi connectivity index (χ1n) is 12.2. The van der Waals surface area contributed by atoms with Crippen LogP contribution >= 0.6 is 0 Å². The van der Waals surface area contributed by atoms with Gasteiger partial charge in [-0.3, -0.25) is 15.0 Å². The van der Waals surface area contributed by atoms with Crippen molar-refractivity contribution in [3.63, 3.8) is 0 Å². The van der Waals surface area contributed by atoms with Crippen LogP contribution in [0.2, 0.25) is 0 Å². The van der Waals surface area contributed by atoms with E-state index in [1.54, 1.807) is 27.7 Å². The Bertz CT molecular complexity index is 717. The summed E-state index contributed by atoms with van der Waals surface area (Å²) >= 11 is 0. The number of hydrogen-bond donors (Lipinski definition) is 4. The first-order chi connectivity index (χ1) is 16.0. The molecule has 0 aromatic rings. The van der Waals surface area contributed by atoms with Crippen LogP contribution in [-0.2, 0) is 24.1 Å². The number of ether oxygens (including phenoxy) is 1. The van der Waals surface area contributed by atoms with E-state index in [9.17, 15) is 14.4 Å². The molecule has 34 heavy (non-hydrogen) atoms. The molecule has 2 fully saturated rings. The van der Waals surface area contributed by atoms with Crippen molar-refractivity contribution in [2.75, 3.05) is 26.3 Å². The second-order valence-electron chi connectivity index (χ2n) is 10.0. The Morgan fingerprint density at radius 2 is 1.82 bits per heavy atom. The molecule has 11 nitrogen and oxygen atoms in total. The zero-order valence-electron chi connectivity index (χ0n) is 20.9. The van der Waals surface area contributed by atoms with Gasteiger partial charge in [0, 0.05) is 19.0 Å². The maximum absolute atomic E-state index is 13.3. The van der Waals surface area contributed by atoms with Crippen molar-refractivity contribution in [3.8, 4) is 0 Å². The molecule has 2 rings (SSSR count). The topological polar surface area (TPSA) is 156 Å². The van der Waals surface area contributed by atoms with E-state index >= 15 is 0 Å². The van der Waals surface area contributed by atoms with Gasteiger partial charge < -0.3 is 26.0 Å². The summed E-state index contributed by atoms with van der Waals surface area (Å²) < 4.78 is 4.92. The smallest absolute Gasteiger partial charge is 0.407 e. The van der Waals surface area contributed by atoms with Gasteiger partial charge >= 0.3 is 6.09 Å². The van der Waals surface area contributed by atoms with Crippen LogP contribution in [0.15, 0.2) is 0 Å². The van der Waals surface area contributed by atoms with E-state index in [1.807, 2.05) is 0 Å². The van der Waals surface area contributed by atoms with Gasteiger partial charge in [-0.2, -0.15) is 0 Å². The van der Waals surface area contributed by atoms with Crippen LogP contribution in [0, 0.1) is 17.2 Å². The molecule has 1 aliphatic heterocycles. The van der Waals surface area contributed by atoms with E-state index in [0.717, 1.165) is 25.7 Å². The van der Waals surface area contributed by atoms with Crippen LogP contribution in [-0.4, -0.2) is 72.6 Å². The van der Waals surface area contributed by atoms with Crippen LogP contribution in [0.3, 0.4) is 0 Å². The average Bonchev–Trinajstić information content (AvgIpc) is 3.26. The molecule has 2 atom stereocenters. The predicted molar refractivity (Wildman–Crippen MR) is 126 cm³/mol. The summed E-state index contributed by atoms with van der Waals surface area (Å²) in [5.74, 6) is 0.117. The minimum absolute atomic E-state index is 0.142. The molecule has 0 aromatic carbocycles. The number of amides is 3. The number of nitrogens with one attached hydrogen (secondary N) is 3. The summed E-state index contributed by atoms with van der Waals surface area (Å²) in [6, 6.07) is -1.65. The zero-order chi connectivity index (χ0) is 25.3. The molecular weight excluding hydrogens is 442 g/mol. The number of likely N-dealkylation sites (tertiary alicyclic amines) is 1. The quantitative estimate of drug-likeness (QED) is 0.159. The van der Waals surface area contributed by atoms with E-state index in [4.69, 9.17) is 25.7 Å². The van der Waals surface area contributed by atoms with Crippen molar-refractivity contribution < 1.29 is 28.9 Å². The SMILES string of the molecule is CCOC(=O)N[C@H](COOC(C)(C)C)C(=O)N1CCC[C@H]1C(=O)NCC1CCC(C(=N)N)CC1. The van der Waals surface area contributed by atoms with Gasteiger partial charge in [-0.15, -0.1) is 0 Å². The van der Waals surface area contributed by atoms with E-state index in [0.29, 0.717) is 31.8 Å². The summed E-state index contributed by atoms with van der Waals surface area (Å²) in [6.45, 7) is 7.98. The second-order valence-corrected chi connectivity index (χ2v) is 10.0. The predicted octanol–water partition coefficient (Wildman–Crippen LogP) is 1.70. The largest absolute Gasteiger partial charge is 0.450 e. The Morgan fingerprint density at radius 3 is 2.41 bits per heavy atom. The highest BCUT2D eigenvalue weighted by Gasteiger charge is 2.38. The first kappa shape index (κ1) is 27.8. The number of nitrogens with zero attached hydrogens (tertiary/aromatic N) is 1. The van der Waals surface area contributed by atoms with Gasteiger partial charge in [0.2, 0.25) is 11.8 Å². The molecule has 1 heterocycles. The van der Waals surface area contributed by atoms with Crippen LogP contribution in [0.5, 0.6) is 0 Å². The van der Waals surface area contributed by atoms with Crippen molar-refractivity contribution in [1.82, 2.24) is 15.5 Å². The molecule has 11 heteroatoms. The van der Waals surface area contributed by atoms with Crippen molar-refractivity contribution in [2.45, 2.75) is 83.9 Å². The fourth-order valence-corrected chi connectivity index (χ4v) is 4.31. The minimum Gasteiger partial charge on any atom is -0.450 e. The van der Waals surface area contributed by atoms with Crippen LogP contribution in [0.25, 0.3) is 0 Å². The monoisotopic (exact) mass is 483 g/mol. The maximum atomic E-state index is 13.3. The number of hydrogen-bond acceptors (Lipinski definition) is 7. The summed E-state index contributed by atoms with van der Waals surface area (Å²) in [4.78, 5) is 50.2. The molecule has 0 spiro atoms. The summed E-state index contributed by atoms with van der Waals surface area (Å²) in [5, 5.41) is 13.1. The third-order valence-electron chi connectivity index (χ3n) is 6.10. The van der Waals surface area contributed by atoms with Crippen molar-refractivity contribution >= 4 is 23.7 Å². The van der Waals surface area contributed by atoms with Crippen LogP contribution in [0.4, 0.5) is 4.79 Å². The van der Waals surface area contributed by atoms with Gasteiger partial charge in [-0.1, -0.05) is 0 Å². The molecule has 0 radical (unpaired) electrons. The third-order valence-corrected chi connectivity index (χ3v) is 6.10. The third kappa shape index (κ3) is 8.75. The van der Waals surface area contributed by atoms with Crippen molar-refractivity contribution in [2.24, 2.45) is 17.6 Å². The van der Waals surface area contributed by atoms with Gasteiger partial charge in [-0.05, 0) is 72.1 Å². The highest BCUT2D eigenvalue weighted by Crippen LogP contribution is 2.28.